The summed E-state index contributed by atoms with van der Waals surface area (Å²) in [6.07, 6.45) is 10.2. The average Bonchev–Trinajstić information content (AvgIpc) is 2.99. The van der Waals surface area contributed by atoms with Crippen molar-refractivity contribution in [1.82, 2.24) is 25.4 Å². The fraction of sp³-hybridized carbons (Fsp3) is 0.462. The maximum Gasteiger partial charge on any atom is 0.316 e. The molecular formula is C13H15N5O2. The lowest BCUT2D eigenvalue weighted by Gasteiger charge is -2.21. The van der Waals surface area contributed by atoms with E-state index in [1.54, 1.807) is 6.20 Å². The number of hydrogen-bond acceptors (Lipinski definition) is 6. The highest BCUT2D eigenvalue weighted by Gasteiger charge is 2.21. The summed E-state index contributed by atoms with van der Waals surface area (Å²) in [7, 11) is 0. The molecular weight excluding hydrogens is 258 g/mol. The minimum atomic E-state index is -0.320. The molecule has 0 spiro atoms. The molecule has 2 aromatic heterocycles. The lowest BCUT2D eigenvalue weighted by Crippen LogP contribution is -2.36. The molecule has 20 heavy (non-hydrogen) atoms. The van der Waals surface area contributed by atoms with Crippen LogP contribution in [0.25, 0.3) is 11.5 Å². The zero-order valence-electron chi connectivity index (χ0n) is 11.0. The Bertz CT molecular complexity index is 577. The number of rotatable bonds is 3. The fourth-order valence-electron chi connectivity index (χ4n) is 2.33. The number of carbonyl (C=O) groups is 1. The Balaban J connectivity index is 1.68. The van der Waals surface area contributed by atoms with Crippen LogP contribution < -0.4 is 5.32 Å². The third kappa shape index (κ3) is 2.81. The van der Waals surface area contributed by atoms with E-state index < -0.39 is 0 Å². The summed E-state index contributed by atoms with van der Waals surface area (Å²) in [5, 5.41) is 6.68. The normalized spacial score (nSPS) is 16.0. The van der Waals surface area contributed by atoms with E-state index in [1.165, 1.54) is 18.8 Å². The van der Waals surface area contributed by atoms with Gasteiger partial charge < -0.3 is 9.84 Å². The molecule has 2 heterocycles. The van der Waals surface area contributed by atoms with Crippen LogP contribution in [0.5, 0.6) is 0 Å². The summed E-state index contributed by atoms with van der Waals surface area (Å²) in [5.41, 5.74) is 0.480. The molecule has 1 N–H and O–H groups in total. The van der Waals surface area contributed by atoms with Gasteiger partial charge in [-0.1, -0.05) is 24.4 Å². The first kappa shape index (κ1) is 12.7. The minimum absolute atomic E-state index is 0.0313. The molecule has 1 fully saturated rings. The molecule has 3 rings (SSSR count). The molecule has 0 unspecified atom stereocenters. The quantitative estimate of drug-likeness (QED) is 0.912. The molecule has 2 aromatic rings. The molecule has 0 aliphatic heterocycles. The molecule has 0 aromatic carbocycles. The average molecular weight is 273 g/mol. The first-order valence-electron chi connectivity index (χ1n) is 6.74. The van der Waals surface area contributed by atoms with Crippen molar-refractivity contribution in [2.24, 2.45) is 0 Å². The Kier molecular flexibility index (Phi) is 3.67. The summed E-state index contributed by atoms with van der Waals surface area (Å²) in [4.78, 5) is 24.0. The van der Waals surface area contributed by atoms with Gasteiger partial charge in [-0.15, -0.1) is 0 Å². The van der Waals surface area contributed by atoms with Crippen LogP contribution in [0, 0.1) is 0 Å². The van der Waals surface area contributed by atoms with Crippen LogP contribution in [0.4, 0.5) is 0 Å². The van der Waals surface area contributed by atoms with E-state index in [0.717, 1.165) is 25.7 Å². The van der Waals surface area contributed by atoms with Gasteiger partial charge in [0.15, 0.2) is 0 Å². The molecule has 0 saturated heterocycles. The van der Waals surface area contributed by atoms with Crippen molar-refractivity contribution in [2.75, 3.05) is 0 Å². The molecule has 0 radical (unpaired) electrons. The fourth-order valence-corrected chi connectivity index (χ4v) is 2.33. The highest BCUT2D eigenvalue weighted by molar-refractivity contribution is 5.90. The lowest BCUT2D eigenvalue weighted by atomic mass is 9.95. The number of carbonyl (C=O) groups excluding carboxylic acids is 1. The summed E-state index contributed by atoms with van der Waals surface area (Å²) in [6, 6.07) is 0.211. The first-order valence-corrected chi connectivity index (χ1v) is 6.74. The topological polar surface area (TPSA) is 93.8 Å². The van der Waals surface area contributed by atoms with Crippen molar-refractivity contribution in [2.45, 2.75) is 38.1 Å². The lowest BCUT2D eigenvalue weighted by molar-refractivity contribution is 0.0883. The molecule has 0 bridgehead atoms. The molecule has 1 aliphatic rings. The van der Waals surface area contributed by atoms with Crippen LogP contribution >= 0.6 is 0 Å². The van der Waals surface area contributed by atoms with E-state index in [1.807, 2.05) is 0 Å². The van der Waals surface area contributed by atoms with Gasteiger partial charge in [-0.2, -0.15) is 4.98 Å². The smallest absolute Gasteiger partial charge is 0.316 e. The third-order valence-corrected chi connectivity index (χ3v) is 3.35. The highest BCUT2D eigenvalue weighted by Crippen LogP contribution is 2.18. The van der Waals surface area contributed by atoms with E-state index in [0.29, 0.717) is 5.69 Å². The Hall–Kier alpha value is -2.31. The van der Waals surface area contributed by atoms with Crippen LogP contribution in [0.15, 0.2) is 23.1 Å². The highest BCUT2D eigenvalue weighted by atomic mass is 16.5. The van der Waals surface area contributed by atoms with Gasteiger partial charge in [0.25, 0.3) is 0 Å². The molecule has 0 atom stereocenters. The van der Waals surface area contributed by atoms with Gasteiger partial charge in [-0.3, -0.25) is 9.78 Å². The first-order chi connectivity index (χ1) is 9.83. The number of amides is 1. The molecule has 1 aliphatic carbocycles. The van der Waals surface area contributed by atoms with Crippen LogP contribution in [0.3, 0.4) is 0 Å². The van der Waals surface area contributed by atoms with E-state index in [2.05, 4.69) is 25.4 Å². The van der Waals surface area contributed by atoms with E-state index in [4.69, 9.17) is 4.52 Å². The van der Waals surface area contributed by atoms with Crippen molar-refractivity contribution in [3.8, 4) is 11.5 Å². The van der Waals surface area contributed by atoms with Crippen molar-refractivity contribution in [3.05, 3.63) is 24.5 Å². The molecule has 7 nitrogen and oxygen atoms in total. The molecule has 1 amide bonds. The van der Waals surface area contributed by atoms with Gasteiger partial charge in [0, 0.05) is 18.4 Å². The van der Waals surface area contributed by atoms with Gasteiger partial charge in [-0.05, 0) is 12.8 Å². The van der Waals surface area contributed by atoms with Crippen LogP contribution in [0.1, 0.15) is 42.8 Å². The second kappa shape index (κ2) is 5.77. The maximum absolute atomic E-state index is 12.0. The Morgan fingerprint density at radius 3 is 2.85 bits per heavy atom. The predicted octanol–water partition coefficient (Wildman–Crippen LogP) is 1.59. The van der Waals surface area contributed by atoms with Crippen molar-refractivity contribution in [3.63, 3.8) is 0 Å². The minimum Gasteiger partial charge on any atom is -0.345 e. The SMILES string of the molecule is O=C(NC1CCCCC1)c1nc(-c2cnccn2)no1. The van der Waals surface area contributed by atoms with Gasteiger partial charge in [-0.25, -0.2) is 4.98 Å². The van der Waals surface area contributed by atoms with Gasteiger partial charge >= 0.3 is 11.8 Å². The van der Waals surface area contributed by atoms with Gasteiger partial charge in [0.1, 0.15) is 5.69 Å². The standard InChI is InChI=1S/C13H15N5O2/c19-12(16-9-4-2-1-3-5-9)13-17-11(18-20-13)10-8-14-6-7-15-10/h6-9H,1-5H2,(H,16,19). The van der Waals surface area contributed by atoms with Crippen LogP contribution in [-0.2, 0) is 0 Å². The monoisotopic (exact) mass is 273 g/mol. The van der Waals surface area contributed by atoms with E-state index in [9.17, 15) is 4.79 Å². The summed E-state index contributed by atoms with van der Waals surface area (Å²) >= 11 is 0. The maximum atomic E-state index is 12.0. The van der Waals surface area contributed by atoms with Crippen molar-refractivity contribution in [1.29, 1.82) is 0 Å². The van der Waals surface area contributed by atoms with Crippen molar-refractivity contribution >= 4 is 5.91 Å². The predicted molar refractivity (Wildman–Crippen MR) is 69.7 cm³/mol. The second-order valence-corrected chi connectivity index (χ2v) is 4.82. The van der Waals surface area contributed by atoms with Crippen LogP contribution in [0.2, 0.25) is 0 Å². The summed E-state index contributed by atoms with van der Waals surface area (Å²) < 4.78 is 4.98. The van der Waals surface area contributed by atoms with E-state index in [-0.39, 0.29) is 23.7 Å². The Labute approximate surface area is 115 Å². The molecule has 7 heteroatoms. The summed E-state index contributed by atoms with van der Waals surface area (Å²) in [5.74, 6) is -0.0809. The Morgan fingerprint density at radius 2 is 2.10 bits per heavy atom. The largest absolute Gasteiger partial charge is 0.345 e. The zero-order valence-corrected chi connectivity index (χ0v) is 11.0. The molecule has 104 valence electrons. The number of nitrogens with one attached hydrogen (secondary N) is 1. The van der Waals surface area contributed by atoms with E-state index >= 15 is 0 Å². The van der Waals surface area contributed by atoms with Gasteiger partial charge in [0.2, 0.25) is 5.82 Å². The Morgan fingerprint density at radius 1 is 1.25 bits per heavy atom. The molecule has 1 saturated carbocycles. The summed E-state index contributed by atoms with van der Waals surface area (Å²) in [6.45, 7) is 0. The van der Waals surface area contributed by atoms with Gasteiger partial charge in [0.05, 0.1) is 6.20 Å². The third-order valence-electron chi connectivity index (χ3n) is 3.35. The zero-order chi connectivity index (χ0) is 13.8. The number of nitrogens with zero attached hydrogens (tertiary/aromatic N) is 4. The van der Waals surface area contributed by atoms with Crippen LogP contribution in [-0.4, -0.2) is 32.1 Å². The van der Waals surface area contributed by atoms with Crippen molar-refractivity contribution < 1.29 is 9.32 Å². The number of hydrogen-bond donors (Lipinski definition) is 1. The number of aromatic nitrogens is 4. The second-order valence-electron chi connectivity index (χ2n) is 4.82.